The molecule has 1 fully saturated rings. The van der Waals surface area contributed by atoms with Crippen molar-refractivity contribution in [3.8, 4) is 0 Å². The number of ether oxygens (including phenoxy) is 1. The van der Waals surface area contributed by atoms with Gasteiger partial charge >= 0.3 is 6.03 Å². The Morgan fingerprint density at radius 2 is 2.32 bits per heavy atom. The normalized spacial score (nSPS) is 36.9. The number of alkyl halides is 2. The summed E-state index contributed by atoms with van der Waals surface area (Å²) in [5, 5.41) is 5.96. The predicted octanol–water partition coefficient (Wildman–Crippen LogP) is 0.953. The van der Waals surface area contributed by atoms with Gasteiger partial charge in [0.05, 0.1) is 11.1 Å². The number of urea groups is 1. The molecule has 102 valence electrons. The number of Topliss-reactive ketones (excluding diaryl/α,β-unsaturated/α-hetero) is 1. The van der Waals surface area contributed by atoms with Crippen molar-refractivity contribution in [1.82, 2.24) is 10.6 Å². The van der Waals surface area contributed by atoms with E-state index in [-0.39, 0.29) is 24.3 Å². The second kappa shape index (κ2) is 4.33. The molecule has 3 rings (SSSR count). The van der Waals surface area contributed by atoms with Crippen molar-refractivity contribution in [3.05, 3.63) is 23.5 Å². The molecule has 1 aliphatic carbocycles. The van der Waals surface area contributed by atoms with Gasteiger partial charge in [-0.25, -0.2) is 9.18 Å². The maximum absolute atomic E-state index is 13.6. The first kappa shape index (κ1) is 12.7. The van der Waals surface area contributed by atoms with Crippen molar-refractivity contribution in [2.75, 3.05) is 11.9 Å². The molecule has 3 atom stereocenters. The minimum absolute atomic E-state index is 0.174. The molecular weight excluding hydrogens is 319 g/mol. The molecular formula is C12H12BrFN2O3. The van der Waals surface area contributed by atoms with Gasteiger partial charge in [0.1, 0.15) is 11.9 Å². The summed E-state index contributed by atoms with van der Waals surface area (Å²) in [5.41, 5.74) is -0.631. The lowest BCUT2D eigenvalue weighted by molar-refractivity contribution is -0.120. The van der Waals surface area contributed by atoms with Crippen LogP contribution in [0.4, 0.5) is 9.18 Å². The first-order valence-corrected chi connectivity index (χ1v) is 7.08. The SMILES string of the molecule is O=C1NCC2(CC(CBr)OC3=C2C(=O)C(F)C=C3)N1. The number of carbonyl (C=O) groups is 2. The van der Waals surface area contributed by atoms with E-state index in [0.717, 1.165) is 0 Å². The Morgan fingerprint density at radius 1 is 1.53 bits per heavy atom. The van der Waals surface area contributed by atoms with Crippen molar-refractivity contribution in [3.63, 3.8) is 0 Å². The lowest BCUT2D eigenvalue weighted by atomic mass is 9.77. The molecule has 2 amide bonds. The topological polar surface area (TPSA) is 67.4 Å². The van der Waals surface area contributed by atoms with Crippen molar-refractivity contribution in [1.29, 1.82) is 0 Å². The van der Waals surface area contributed by atoms with Crippen LogP contribution in [0.25, 0.3) is 0 Å². The Hall–Kier alpha value is -1.37. The van der Waals surface area contributed by atoms with E-state index in [1.54, 1.807) is 0 Å². The molecule has 0 aromatic heterocycles. The third-order valence-electron chi connectivity index (χ3n) is 3.58. The first-order chi connectivity index (χ1) is 9.05. The van der Waals surface area contributed by atoms with Gasteiger partial charge in [-0.3, -0.25) is 4.79 Å². The molecule has 0 aromatic rings. The predicted molar refractivity (Wildman–Crippen MR) is 68.6 cm³/mol. The van der Waals surface area contributed by atoms with Crippen LogP contribution in [-0.2, 0) is 9.53 Å². The molecule has 1 spiro atoms. The molecule has 2 N–H and O–H groups in total. The smallest absolute Gasteiger partial charge is 0.315 e. The summed E-state index contributed by atoms with van der Waals surface area (Å²) in [7, 11) is 0. The number of halogens is 2. The van der Waals surface area contributed by atoms with Gasteiger partial charge in [-0.2, -0.15) is 0 Å². The first-order valence-electron chi connectivity index (χ1n) is 5.95. The van der Waals surface area contributed by atoms with Gasteiger partial charge in [0, 0.05) is 18.3 Å². The van der Waals surface area contributed by atoms with Crippen molar-refractivity contribution < 1.29 is 18.7 Å². The lowest BCUT2D eigenvalue weighted by Crippen LogP contribution is -2.55. The maximum atomic E-state index is 13.6. The number of hydrogen-bond acceptors (Lipinski definition) is 3. The minimum atomic E-state index is -1.67. The average Bonchev–Trinajstić information content (AvgIpc) is 2.75. The molecule has 7 heteroatoms. The van der Waals surface area contributed by atoms with E-state index in [1.165, 1.54) is 12.2 Å². The number of nitrogens with one attached hydrogen (secondary N) is 2. The highest BCUT2D eigenvalue weighted by Gasteiger charge is 2.52. The van der Waals surface area contributed by atoms with Gasteiger partial charge in [-0.15, -0.1) is 0 Å². The van der Waals surface area contributed by atoms with Gasteiger partial charge in [0.2, 0.25) is 5.78 Å². The van der Waals surface area contributed by atoms with Gasteiger partial charge in [0.15, 0.2) is 6.17 Å². The molecule has 19 heavy (non-hydrogen) atoms. The van der Waals surface area contributed by atoms with Gasteiger partial charge in [0.25, 0.3) is 0 Å². The largest absolute Gasteiger partial charge is 0.489 e. The Balaban J connectivity index is 2.08. The highest BCUT2D eigenvalue weighted by molar-refractivity contribution is 9.09. The van der Waals surface area contributed by atoms with Gasteiger partial charge < -0.3 is 15.4 Å². The van der Waals surface area contributed by atoms with Crippen molar-refractivity contribution >= 4 is 27.7 Å². The number of amides is 2. The van der Waals surface area contributed by atoms with Crippen LogP contribution in [0.15, 0.2) is 23.5 Å². The van der Waals surface area contributed by atoms with Crippen LogP contribution >= 0.6 is 15.9 Å². The zero-order valence-electron chi connectivity index (χ0n) is 9.91. The Morgan fingerprint density at radius 3 is 2.95 bits per heavy atom. The van der Waals surface area contributed by atoms with Crippen LogP contribution < -0.4 is 10.6 Å². The van der Waals surface area contributed by atoms with Gasteiger partial charge in [-0.1, -0.05) is 15.9 Å². The van der Waals surface area contributed by atoms with E-state index in [0.29, 0.717) is 17.5 Å². The van der Waals surface area contributed by atoms with Crippen LogP contribution in [0.3, 0.4) is 0 Å². The fourth-order valence-corrected chi connectivity index (χ4v) is 3.14. The maximum Gasteiger partial charge on any atom is 0.315 e. The molecule has 3 aliphatic rings. The highest BCUT2D eigenvalue weighted by Crippen LogP contribution is 2.39. The summed E-state index contributed by atoms with van der Waals surface area (Å²) >= 11 is 3.34. The summed E-state index contributed by atoms with van der Waals surface area (Å²) < 4.78 is 19.3. The third kappa shape index (κ3) is 1.87. The third-order valence-corrected chi connectivity index (χ3v) is 4.31. The molecule has 5 nitrogen and oxygen atoms in total. The van der Waals surface area contributed by atoms with Crippen LogP contribution in [-0.4, -0.2) is 41.5 Å². The molecule has 1 saturated heterocycles. The molecule has 0 saturated carbocycles. The fraction of sp³-hybridized carbons (Fsp3) is 0.500. The summed E-state index contributed by atoms with van der Waals surface area (Å²) in [6, 6.07) is -0.347. The summed E-state index contributed by atoms with van der Waals surface area (Å²) in [5.74, 6) is -0.270. The number of carbonyl (C=O) groups excluding carboxylic acids is 2. The Kier molecular flexibility index (Phi) is 2.88. The molecule has 0 radical (unpaired) electrons. The van der Waals surface area contributed by atoms with E-state index in [2.05, 4.69) is 26.6 Å². The Bertz CT molecular complexity index is 519. The lowest BCUT2D eigenvalue weighted by Gasteiger charge is -2.40. The highest BCUT2D eigenvalue weighted by atomic mass is 79.9. The van der Waals surface area contributed by atoms with Crippen molar-refractivity contribution in [2.24, 2.45) is 0 Å². The number of hydrogen-bond donors (Lipinski definition) is 2. The number of fused-ring (bicyclic) bond motifs is 1. The second-order valence-corrected chi connectivity index (χ2v) is 5.50. The zero-order chi connectivity index (χ0) is 13.6. The van der Waals surface area contributed by atoms with E-state index in [4.69, 9.17) is 4.74 Å². The molecule has 0 bridgehead atoms. The van der Waals surface area contributed by atoms with Crippen LogP contribution in [0, 0.1) is 0 Å². The van der Waals surface area contributed by atoms with E-state index in [1.807, 2.05) is 0 Å². The van der Waals surface area contributed by atoms with Crippen LogP contribution in [0.2, 0.25) is 0 Å². The van der Waals surface area contributed by atoms with Crippen LogP contribution in [0.5, 0.6) is 0 Å². The standard InChI is InChI=1S/C12H12BrFN2O3/c13-4-6-3-12(5-15-11(18)16-12)9-8(19-6)2-1-7(14)10(9)17/h1-2,6-7H,3-5H2,(H2,15,16,18). The van der Waals surface area contributed by atoms with Crippen LogP contribution in [0.1, 0.15) is 6.42 Å². The Labute approximate surface area is 117 Å². The average molecular weight is 331 g/mol. The quantitative estimate of drug-likeness (QED) is 0.703. The van der Waals surface area contributed by atoms with E-state index >= 15 is 0 Å². The summed E-state index contributed by atoms with van der Waals surface area (Å²) in [6.45, 7) is 0.268. The second-order valence-electron chi connectivity index (χ2n) is 4.85. The molecule has 2 heterocycles. The fourth-order valence-electron chi connectivity index (χ4n) is 2.78. The molecule has 3 unspecified atom stereocenters. The monoisotopic (exact) mass is 330 g/mol. The summed E-state index contributed by atoms with van der Waals surface area (Å²) in [4.78, 5) is 23.5. The zero-order valence-corrected chi connectivity index (χ0v) is 11.5. The minimum Gasteiger partial charge on any atom is -0.489 e. The van der Waals surface area contributed by atoms with Gasteiger partial charge in [-0.05, 0) is 12.2 Å². The summed E-state index contributed by atoms with van der Waals surface area (Å²) in [6.07, 6.45) is 1.24. The number of rotatable bonds is 1. The van der Waals surface area contributed by atoms with E-state index in [9.17, 15) is 14.0 Å². The van der Waals surface area contributed by atoms with E-state index < -0.39 is 17.5 Å². The molecule has 2 aliphatic heterocycles. The van der Waals surface area contributed by atoms with Crippen molar-refractivity contribution in [2.45, 2.75) is 24.2 Å². The number of allylic oxidation sites excluding steroid dienone is 2. The molecule has 0 aromatic carbocycles. The number of ketones is 1.